The predicted molar refractivity (Wildman–Crippen MR) is 125 cm³/mol. The molecule has 0 radical (unpaired) electrons. The highest BCUT2D eigenvalue weighted by Gasteiger charge is 2.23. The van der Waals surface area contributed by atoms with Crippen LogP contribution in [0.1, 0.15) is 43.0 Å². The van der Waals surface area contributed by atoms with Crippen molar-refractivity contribution in [2.24, 2.45) is 0 Å². The molecule has 0 aliphatic heterocycles. The van der Waals surface area contributed by atoms with Gasteiger partial charge in [0.1, 0.15) is 18.1 Å². The predicted octanol–water partition coefficient (Wildman–Crippen LogP) is 6.44. The quantitative estimate of drug-likeness (QED) is 0.306. The number of methoxy groups -OCH3 is 1. The summed E-state index contributed by atoms with van der Waals surface area (Å²) in [7, 11) is 1.26. The molecule has 0 heterocycles. The monoisotopic (exact) mass is 448 g/mol. The first kappa shape index (κ1) is 23.9. The van der Waals surface area contributed by atoms with E-state index < -0.39 is 12.3 Å². The Morgan fingerprint density at radius 2 is 1.15 bits per heavy atom. The molecule has 0 spiro atoms. The molecule has 0 aliphatic rings. The van der Waals surface area contributed by atoms with Crippen molar-refractivity contribution in [1.82, 2.24) is 0 Å². The van der Waals surface area contributed by atoms with Gasteiger partial charge in [-0.1, -0.05) is 69.3 Å². The fourth-order valence-electron chi connectivity index (χ4n) is 3.32. The van der Waals surface area contributed by atoms with E-state index in [1.54, 1.807) is 24.3 Å². The van der Waals surface area contributed by atoms with Crippen LogP contribution in [0.2, 0.25) is 0 Å². The zero-order chi connectivity index (χ0) is 23.8. The van der Waals surface area contributed by atoms with Crippen molar-refractivity contribution in [3.05, 3.63) is 95.1 Å². The van der Waals surface area contributed by atoms with Gasteiger partial charge in [-0.15, -0.1) is 0 Å². The summed E-state index contributed by atoms with van der Waals surface area (Å²) in [6.45, 7) is 6.41. The van der Waals surface area contributed by atoms with Crippen LogP contribution in [0.3, 0.4) is 0 Å². The second kappa shape index (κ2) is 10.7. The summed E-state index contributed by atoms with van der Waals surface area (Å²) < 4.78 is 20.0. The molecule has 3 aromatic rings. The molecule has 6 heteroatoms. The Hall–Kier alpha value is -3.80. The van der Waals surface area contributed by atoms with Crippen molar-refractivity contribution in [1.29, 1.82) is 0 Å². The van der Waals surface area contributed by atoms with E-state index in [4.69, 9.17) is 14.2 Å². The van der Waals surface area contributed by atoms with Gasteiger partial charge < -0.3 is 18.9 Å². The Kier molecular flexibility index (Phi) is 7.72. The molecular weight excluding hydrogens is 420 g/mol. The van der Waals surface area contributed by atoms with Crippen LogP contribution in [0.25, 0.3) is 0 Å². The van der Waals surface area contributed by atoms with Crippen molar-refractivity contribution >= 4 is 12.3 Å². The molecule has 3 rings (SSSR count). The zero-order valence-corrected chi connectivity index (χ0v) is 19.3. The Bertz CT molecular complexity index is 1070. The third-order valence-electron chi connectivity index (χ3n) is 5.51. The normalized spacial score (nSPS) is 10.9. The first-order valence-corrected chi connectivity index (χ1v) is 10.7. The minimum atomic E-state index is -0.759. The van der Waals surface area contributed by atoms with Crippen LogP contribution in [0.4, 0.5) is 9.59 Å². The SMILES string of the molecule is CCc1ccc(COC(=O)Oc2ccc(C(C)(C)c3ccc(OC(=O)OC)cc3)cc2)cc1. The summed E-state index contributed by atoms with van der Waals surface area (Å²) >= 11 is 0. The number of hydrogen-bond donors (Lipinski definition) is 0. The maximum absolute atomic E-state index is 12.1. The molecule has 0 amide bonds. The maximum Gasteiger partial charge on any atom is 0.514 e. The van der Waals surface area contributed by atoms with Gasteiger partial charge in [-0.2, -0.15) is 0 Å². The van der Waals surface area contributed by atoms with E-state index in [1.807, 2.05) is 48.5 Å². The molecule has 0 bridgehead atoms. The molecule has 0 atom stereocenters. The van der Waals surface area contributed by atoms with Gasteiger partial charge >= 0.3 is 12.3 Å². The van der Waals surface area contributed by atoms with Gasteiger partial charge in [0, 0.05) is 5.41 Å². The lowest BCUT2D eigenvalue weighted by Crippen LogP contribution is -2.19. The summed E-state index contributed by atoms with van der Waals surface area (Å²) in [5.41, 5.74) is 3.87. The average molecular weight is 449 g/mol. The Morgan fingerprint density at radius 3 is 1.61 bits per heavy atom. The molecule has 0 N–H and O–H groups in total. The second-order valence-electron chi connectivity index (χ2n) is 8.04. The molecule has 33 heavy (non-hydrogen) atoms. The molecular formula is C27H28O6. The topological polar surface area (TPSA) is 71.1 Å². The molecule has 3 aromatic carbocycles. The highest BCUT2D eigenvalue weighted by molar-refractivity contribution is 5.64. The van der Waals surface area contributed by atoms with Crippen LogP contribution in [-0.2, 0) is 27.9 Å². The number of rotatable bonds is 7. The zero-order valence-electron chi connectivity index (χ0n) is 19.3. The van der Waals surface area contributed by atoms with E-state index in [1.165, 1.54) is 12.7 Å². The summed E-state index contributed by atoms with van der Waals surface area (Å²) in [6, 6.07) is 22.4. The van der Waals surface area contributed by atoms with E-state index in [0.29, 0.717) is 11.5 Å². The molecule has 0 fully saturated rings. The van der Waals surface area contributed by atoms with Crippen LogP contribution in [-0.4, -0.2) is 19.4 Å². The summed E-state index contributed by atoms with van der Waals surface area (Å²) in [5.74, 6) is 0.813. The van der Waals surface area contributed by atoms with Crippen LogP contribution in [0.15, 0.2) is 72.8 Å². The lowest BCUT2D eigenvalue weighted by atomic mass is 9.78. The van der Waals surface area contributed by atoms with E-state index in [-0.39, 0.29) is 12.0 Å². The number of benzene rings is 3. The number of aryl methyl sites for hydroxylation is 1. The minimum Gasteiger partial charge on any atom is -0.437 e. The van der Waals surface area contributed by atoms with Crippen molar-refractivity contribution in [3.8, 4) is 11.5 Å². The van der Waals surface area contributed by atoms with Crippen molar-refractivity contribution in [2.45, 2.75) is 39.2 Å². The van der Waals surface area contributed by atoms with Gasteiger partial charge in [0.2, 0.25) is 0 Å². The maximum atomic E-state index is 12.1. The summed E-state index contributed by atoms with van der Waals surface area (Å²) in [5, 5.41) is 0. The van der Waals surface area contributed by atoms with E-state index in [9.17, 15) is 9.59 Å². The van der Waals surface area contributed by atoms with Gasteiger partial charge in [-0.25, -0.2) is 9.59 Å². The number of carbonyl (C=O) groups excluding carboxylic acids is 2. The Morgan fingerprint density at radius 1 is 0.697 bits per heavy atom. The molecule has 0 aliphatic carbocycles. The Labute approximate surface area is 194 Å². The molecule has 172 valence electrons. The standard InChI is InChI=1S/C27H28O6/c1-5-19-6-8-20(9-7-19)18-31-26(29)33-24-16-12-22(13-17-24)27(2,3)21-10-14-23(15-11-21)32-25(28)30-4/h6-17H,5,18H2,1-4H3. The molecule has 0 saturated carbocycles. The Balaban J connectivity index is 1.58. The molecule has 6 nitrogen and oxygen atoms in total. The van der Waals surface area contributed by atoms with Crippen molar-refractivity contribution in [3.63, 3.8) is 0 Å². The fourth-order valence-corrected chi connectivity index (χ4v) is 3.32. The van der Waals surface area contributed by atoms with Crippen molar-refractivity contribution < 1.29 is 28.5 Å². The van der Waals surface area contributed by atoms with Gasteiger partial charge in [0.25, 0.3) is 0 Å². The van der Waals surface area contributed by atoms with Gasteiger partial charge in [0.15, 0.2) is 0 Å². The van der Waals surface area contributed by atoms with E-state index in [2.05, 4.69) is 25.5 Å². The number of carbonyl (C=O) groups is 2. The third kappa shape index (κ3) is 6.35. The van der Waals surface area contributed by atoms with Gasteiger partial charge in [0.05, 0.1) is 7.11 Å². The lowest BCUT2D eigenvalue weighted by Gasteiger charge is -2.26. The minimum absolute atomic E-state index is 0.156. The van der Waals surface area contributed by atoms with Crippen LogP contribution in [0.5, 0.6) is 11.5 Å². The third-order valence-corrected chi connectivity index (χ3v) is 5.51. The first-order valence-electron chi connectivity index (χ1n) is 10.7. The largest absolute Gasteiger partial charge is 0.514 e. The summed E-state index contributed by atoms with van der Waals surface area (Å²) in [4.78, 5) is 23.3. The molecule has 0 aromatic heterocycles. The molecule has 0 saturated heterocycles. The van der Waals surface area contributed by atoms with Crippen molar-refractivity contribution in [2.75, 3.05) is 7.11 Å². The number of hydrogen-bond acceptors (Lipinski definition) is 6. The van der Waals surface area contributed by atoms with Crippen LogP contribution >= 0.6 is 0 Å². The van der Waals surface area contributed by atoms with Gasteiger partial charge in [-0.05, 0) is 52.9 Å². The first-order chi connectivity index (χ1) is 15.8. The smallest absolute Gasteiger partial charge is 0.437 e. The molecule has 0 unspecified atom stereocenters. The number of ether oxygens (including phenoxy) is 4. The highest BCUT2D eigenvalue weighted by atomic mass is 16.7. The van der Waals surface area contributed by atoms with Crippen LogP contribution in [0, 0.1) is 0 Å². The second-order valence-corrected chi connectivity index (χ2v) is 8.04. The van der Waals surface area contributed by atoms with Gasteiger partial charge in [-0.3, -0.25) is 0 Å². The lowest BCUT2D eigenvalue weighted by molar-refractivity contribution is 0.0927. The van der Waals surface area contributed by atoms with Crippen LogP contribution < -0.4 is 9.47 Å². The summed E-state index contributed by atoms with van der Waals surface area (Å²) in [6.07, 6.45) is -0.543. The highest BCUT2D eigenvalue weighted by Crippen LogP contribution is 2.33. The average Bonchev–Trinajstić information content (AvgIpc) is 2.83. The van der Waals surface area contributed by atoms with E-state index >= 15 is 0 Å². The fraction of sp³-hybridized carbons (Fsp3) is 0.259. The van der Waals surface area contributed by atoms with E-state index in [0.717, 1.165) is 23.1 Å².